The molecule has 0 aromatic heterocycles. The summed E-state index contributed by atoms with van der Waals surface area (Å²) in [6, 6.07) is 9.18. The van der Waals surface area contributed by atoms with Crippen molar-refractivity contribution in [3.63, 3.8) is 0 Å². The number of carbonyl (C=O) groups excluding carboxylic acids is 2. The van der Waals surface area contributed by atoms with Crippen molar-refractivity contribution >= 4 is 29.7 Å². The van der Waals surface area contributed by atoms with E-state index in [4.69, 9.17) is 21.1 Å². The van der Waals surface area contributed by atoms with Crippen LogP contribution in [0, 0.1) is 13.8 Å². The van der Waals surface area contributed by atoms with Crippen LogP contribution in [0.5, 0.6) is 11.5 Å². The van der Waals surface area contributed by atoms with Crippen LogP contribution in [0.1, 0.15) is 22.3 Å². The number of hydrazone groups is 1. The lowest BCUT2D eigenvalue weighted by Crippen LogP contribution is -2.20. The summed E-state index contributed by atoms with van der Waals surface area (Å²) in [7, 11) is 2.71. The number of nitrogens with zero attached hydrogens (tertiary/aromatic N) is 1. The van der Waals surface area contributed by atoms with Crippen molar-refractivity contribution in [2.24, 2.45) is 5.10 Å². The molecule has 0 radical (unpaired) electrons. The van der Waals surface area contributed by atoms with Gasteiger partial charge in [0.1, 0.15) is 0 Å². The number of rotatable bonds is 8. The molecule has 7 nitrogen and oxygen atoms in total. The summed E-state index contributed by atoms with van der Waals surface area (Å²) in [4.78, 5) is 23.4. The van der Waals surface area contributed by atoms with E-state index in [1.807, 2.05) is 32.0 Å². The second-order valence-electron chi connectivity index (χ2n) is 6.30. The van der Waals surface area contributed by atoms with Gasteiger partial charge >= 0.3 is 5.97 Å². The van der Waals surface area contributed by atoms with Crippen LogP contribution in [0.2, 0.25) is 5.02 Å². The van der Waals surface area contributed by atoms with Gasteiger partial charge in [0.25, 0.3) is 0 Å². The highest BCUT2D eigenvalue weighted by atomic mass is 35.5. The van der Waals surface area contributed by atoms with Gasteiger partial charge in [0, 0.05) is 0 Å². The van der Waals surface area contributed by atoms with Gasteiger partial charge < -0.3 is 14.2 Å². The van der Waals surface area contributed by atoms with E-state index in [0.717, 1.165) is 16.7 Å². The molecule has 0 bridgehead atoms. The number of aryl methyl sites for hydroxylation is 2. The molecule has 0 aliphatic heterocycles. The summed E-state index contributed by atoms with van der Waals surface area (Å²) in [5.74, 6) is -0.230. The molecule has 2 rings (SSSR count). The fraction of sp³-hybridized carbons (Fsp3) is 0.286. The Labute approximate surface area is 174 Å². The lowest BCUT2D eigenvalue weighted by molar-refractivity contribution is -0.142. The van der Waals surface area contributed by atoms with Crippen molar-refractivity contribution < 1.29 is 23.8 Å². The number of ether oxygens (including phenoxy) is 3. The molecule has 29 heavy (non-hydrogen) atoms. The van der Waals surface area contributed by atoms with E-state index in [1.54, 1.807) is 12.1 Å². The van der Waals surface area contributed by atoms with Gasteiger partial charge in [0.2, 0.25) is 5.91 Å². The lowest BCUT2D eigenvalue weighted by Gasteiger charge is -2.12. The van der Waals surface area contributed by atoms with Crippen molar-refractivity contribution in [2.45, 2.75) is 20.3 Å². The maximum Gasteiger partial charge on any atom is 0.343 e. The number of hydrogen-bond donors (Lipinski definition) is 1. The SMILES string of the molecule is COC(=O)COc1c(Cl)cc(/C=N/NC(=O)Cc2cc(C)ccc2C)cc1OC. The highest BCUT2D eigenvalue weighted by Crippen LogP contribution is 2.36. The first-order valence-electron chi connectivity index (χ1n) is 8.79. The summed E-state index contributed by atoms with van der Waals surface area (Å²) in [6.07, 6.45) is 1.68. The Bertz CT molecular complexity index is 928. The van der Waals surface area contributed by atoms with Crippen LogP contribution in [-0.2, 0) is 20.7 Å². The zero-order valence-electron chi connectivity index (χ0n) is 16.7. The molecular formula is C21H23ClN2O5. The highest BCUT2D eigenvalue weighted by Gasteiger charge is 2.13. The average Bonchev–Trinajstić information content (AvgIpc) is 2.69. The Balaban J connectivity index is 2.04. The first kappa shape index (κ1) is 22.2. The summed E-state index contributed by atoms with van der Waals surface area (Å²) in [5, 5.41) is 4.20. The standard InChI is InChI=1S/C21H23ClN2O5/c1-13-5-6-14(2)16(7-13)10-19(25)24-23-11-15-8-17(22)21(18(9-15)27-3)29-12-20(26)28-4/h5-9,11H,10,12H2,1-4H3,(H,24,25)/b23-11+. The normalized spacial score (nSPS) is 10.7. The van der Waals surface area contributed by atoms with Crippen LogP contribution >= 0.6 is 11.6 Å². The third-order valence-electron chi connectivity index (χ3n) is 4.07. The second-order valence-corrected chi connectivity index (χ2v) is 6.71. The van der Waals surface area contributed by atoms with Crippen molar-refractivity contribution in [1.82, 2.24) is 5.43 Å². The smallest absolute Gasteiger partial charge is 0.343 e. The summed E-state index contributed by atoms with van der Waals surface area (Å²) in [5.41, 5.74) is 6.19. The molecule has 0 aliphatic carbocycles. The van der Waals surface area contributed by atoms with Gasteiger partial charge in [-0.3, -0.25) is 4.79 Å². The fourth-order valence-electron chi connectivity index (χ4n) is 2.53. The molecule has 2 aromatic rings. The number of hydrogen-bond acceptors (Lipinski definition) is 6. The van der Waals surface area contributed by atoms with Crippen LogP contribution in [0.3, 0.4) is 0 Å². The van der Waals surface area contributed by atoms with E-state index < -0.39 is 5.97 Å². The number of methoxy groups -OCH3 is 2. The van der Waals surface area contributed by atoms with E-state index in [1.165, 1.54) is 20.4 Å². The van der Waals surface area contributed by atoms with E-state index in [9.17, 15) is 9.59 Å². The Morgan fingerprint density at radius 3 is 2.62 bits per heavy atom. The third kappa shape index (κ3) is 6.50. The van der Waals surface area contributed by atoms with Crippen LogP contribution in [0.15, 0.2) is 35.4 Å². The first-order chi connectivity index (χ1) is 13.8. The molecule has 0 saturated heterocycles. The molecule has 0 fully saturated rings. The summed E-state index contributed by atoms with van der Waals surface area (Å²) in [6.45, 7) is 3.65. The van der Waals surface area contributed by atoms with Crippen molar-refractivity contribution in [2.75, 3.05) is 20.8 Å². The molecular weight excluding hydrogens is 396 g/mol. The lowest BCUT2D eigenvalue weighted by atomic mass is 10.0. The topological polar surface area (TPSA) is 86.2 Å². The van der Waals surface area contributed by atoms with Crippen molar-refractivity contribution in [3.8, 4) is 11.5 Å². The molecule has 0 aliphatic rings. The van der Waals surface area contributed by atoms with Gasteiger partial charge in [-0.25, -0.2) is 10.2 Å². The molecule has 1 N–H and O–H groups in total. The molecule has 0 spiro atoms. The molecule has 1 amide bonds. The monoisotopic (exact) mass is 418 g/mol. The summed E-state index contributed by atoms with van der Waals surface area (Å²) < 4.78 is 15.1. The maximum atomic E-state index is 12.1. The highest BCUT2D eigenvalue weighted by molar-refractivity contribution is 6.32. The zero-order valence-corrected chi connectivity index (χ0v) is 17.5. The Morgan fingerprint density at radius 1 is 1.17 bits per heavy atom. The molecule has 0 atom stereocenters. The third-order valence-corrected chi connectivity index (χ3v) is 4.35. The Hall–Kier alpha value is -3.06. The number of amides is 1. The predicted octanol–water partition coefficient (Wildman–Crippen LogP) is 3.21. The first-order valence-corrected chi connectivity index (χ1v) is 9.17. The molecule has 0 heterocycles. The van der Waals surface area contributed by atoms with Crippen LogP contribution in [0.25, 0.3) is 0 Å². The fourth-order valence-corrected chi connectivity index (χ4v) is 2.80. The van der Waals surface area contributed by atoms with Gasteiger partial charge in [0.05, 0.1) is 31.9 Å². The Kier molecular flexibility index (Phi) is 8.03. The van der Waals surface area contributed by atoms with E-state index in [2.05, 4.69) is 15.3 Å². The van der Waals surface area contributed by atoms with Crippen LogP contribution < -0.4 is 14.9 Å². The van der Waals surface area contributed by atoms with Crippen molar-refractivity contribution in [1.29, 1.82) is 0 Å². The summed E-state index contributed by atoms with van der Waals surface area (Å²) >= 11 is 6.21. The number of benzene rings is 2. The quantitative estimate of drug-likeness (QED) is 0.404. The molecule has 0 unspecified atom stereocenters. The van der Waals surface area contributed by atoms with Gasteiger partial charge in [-0.05, 0) is 42.7 Å². The largest absolute Gasteiger partial charge is 0.493 e. The maximum absolute atomic E-state index is 12.1. The minimum Gasteiger partial charge on any atom is -0.493 e. The number of carbonyl (C=O) groups is 2. The van der Waals surface area contributed by atoms with Gasteiger partial charge in [-0.1, -0.05) is 35.4 Å². The van der Waals surface area contributed by atoms with E-state index in [0.29, 0.717) is 11.3 Å². The number of nitrogens with one attached hydrogen (secondary N) is 1. The molecule has 154 valence electrons. The van der Waals surface area contributed by atoms with Crippen LogP contribution in [0.4, 0.5) is 0 Å². The van der Waals surface area contributed by atoms with Crippen LogP contribution in [-0.4, -0.2) is 38.9 Å². The number of esters is 1. The zero-order chi connectivity index (χ0) is 21.4. The number of halogens is 1. The van der Waals surface area contributed by atoms with Crippen molar-refractivity contribution in [3.05, 3.63) is 57.6 Å². The van der Waals surface area contributed by atoms with Gasteiger partial charge in [-0.2, -0.15) is 5.10 Å². The van der Waals surface area contributed by atoms with Gasteiger partial charge in [-0.15, -0.1) is 0 Å². The molecule has 8 heteroatoms. The minimum atomic E-state index is -0.541. The Morgan fingerprint density at radius 2 is 1.93 bits per heavy atom. The van der Waals surface area contributed by atoms with E-state index >= 15 is 0 Å². The predicted molar refractivity (Wildman–Crippen MR) is 111 cm³/mol. The average molecular weight is 419 g/mol. The minimum absolute atomic E-state index is 0.218. The second kappa shape index (κ2) is 10.5. The molecule has 2 aromatic carbocycles. The van der Waals surface area contributed by atoms with E-state index in [-0.39, 0.29) is 29.7 Å². The van der Waals surface area contributed by atoms with Gasteiger partial charge in [0.15, 0.2) is 18.1 Å². The molecule has 0 saturated carbocycles.